The number of hydrogen-bond donors (Lipinski definition) is 4. The van der Waals surface area contributed by atoms with Crippen LogP contribution in [0.15, 0.2) is 40.1 Å². The van der Waals surface area contributed by atoms with Crippen LogP contribution >= 0.6 is 0 Å². The van der Waals surface area contributed by atoms with Crippen molar-refractivity contribution in [3.05, 3.63) is 62.7 Å². The van der Waals surface area contributed by atoms with Gasteiger partial charge in [-0.15, -0.1) is 0 Å². The molecule has 0 unspecified atom stereocenters. The molecule has 150 valence electrons. The smallest absolute Gasteiger partial charge is 0.328 e. The molecular formula is C18H24N6O4. The lowest BCUT2D eigenvalue weighted by molar-refractivity contribution is -0.121. The lowest BCUT2D eigenvalue weighted by Crippen LogP contribution is -2.35. The third-order valence-corrected chi connectivity index (χ3v) is 3.67. The van der Waals surface area contributed by atoms with E-state index in [0.717, 1.165) is 16.7 Å². The fourth-order valence-corrected chi connectivity index (χ4v) is 2.38. The molecule has 10 heteroatoms. The Labute approximate surface area is 161 Å². The van der Waals surface area contributed by atoms with Gasteiger partial charge in [0.1, 0.15) is 12.2 Å². The molecule has 0 atom stereocenters. The molecule has 2 rings (SSSR count). The van der Waals surface area contributed by atoms with Gasteiger partial charge >= 0.3 is 5.69 Å². The molecule has 0 aliphatic rings. The quantitative estimate of drug-likeness (QED) is 0.431. The van der Waals surface area contributed by atoms with Crippen LogP contribution in [-0.4, -0.2) is 44.7 Å². The molecule has 10 nitrogen and oxygen atoms in total. The van der Waals surface area contributed by atoms with Crippen LogP contribution < -0.4 is 21.9 Å². The number of carbonyl (C=O) groups excluding carboxylic acids is 2. The minimum absolute atomic E-state index is 0.196. The molecule has 0 saturated heterocycles. The molecule has 2 amide bonds. The summed E-state index contributed by atoms with van der Waals surface area (Å²) in [6.07, 6.45) is 5.47. The van der Waals surface area contributed by atoms with E-state index in [-0.39, 0.29) is 24.9 Å². The first-order valence-corrected chi connectivity index (χ1v) is 8.89. The van der Waals surface area contributed by atoms with Crippen molar-refractivity contribution in [1.82, 2.24) is 30.4 Å². The van der Waals surface area contributed by atoms with Crippen LogP contribution in [0.2, 0.25) is 0 Å². The summed E-state index contributed by atoms with van der Waals surface area (Å²) in [5, 5.41) is 12.2. The number of carbonyl (C=O) groups is 2. The van der Waals surface area contributed by atoms with E-state index in [0.29, 0.717) is 18.2 Å². The number of hydrogen-bond acceptors (Lipinski definition) is 5. The van der Waals surface area contributed by atoms with Gasteiger partial charge in [-0.1, -0.05) is 26.0 Å². The topological polar surface area (TPSA) is 142 Å². The molecular weight excluding hydrogens is 364 g/mol. The van der Waals surface area contributed by atoms with Crippen LogP contribution in [0.5, 0.6) is 0 Å². The zero-order chi connectivity index (χ0) is 20.5. The van der Waals surface area contributed by atoms with Crippen LogP contribution in [0.25, 0.3) is 0 Å². The zero-order valence-electron chi connectivity index (χ0n) is 15.8. The Bertz CT molecular complexity index is 953. The van der Waals surface area contributed by atoms with Crippen molar-refractivity contribution >= 4 is 11.8 Å². The maximum absolute atomic E-state index is 12.0. The van der Waals surface area contributed by atoms with Gasteiger partial charge in [-0.05, 0) is 18.4 Å². The van der Waals surface area contributed by atoms with Gasteiger partial charge in [0.25, 0.3) is 11.5 Å². The summed E-state index contributed by atoms with van der Waals surface area (Å²) in [6, 6.07) is 2.90. The number of rotatable bonds is 9. The fraction of sp³-hybridized carbons (Fsp3) is 0.389. The fourth-order valence-electron chi connectivity index (χ4n) is 2.38. The maximum atomic E-state index is 12.0. The number of H-pyrrole nitrogens is 2. The average Bonchev–Trinajstić information content (AvgIpc) is 3.08. The van der Waals surface area contributed by atoms with Crippen molar-refractivity contribution in [3.63, 3.8) is 0 Å². The van der Waals surface area contributed by atoms with Crippen LogP contribution in [0.1, 0.15) is 30.0 Å². The van der Waals surface area contributed by atoms with Crippen LogP contribution in [0, 0.1) is 5.92 Å². The van der Waals surface area contributed by atoms with Crippen molar-refractivity contribution in [2.75, 3.05) is 13.1 Å². The van der Waals surface area contributed by atoms with E-state index < -0.39 is 11.2 Å². The lowest BCUT2D eigenvalue weighted by Gasteiger charge is -2.04. The number of aromatic nitrogens is 4. The first-order chi connectivity index (χ1) is 13.3. The summed E-state index contributed by atoms with van der Waals surface area (Å²) in [4.78, 5) is 48.3. The minimum atomic E-state index is -0.643. The normalized spacial score (nSPS) is 11.1. The molecule has 0 bridgehead atoms. The maximum Gasteiger partial charge on any atom is 0.328 e. The molecule has 2 aromatic rings. The predicted molar refractivity (Wildman–Crippen MR) is 103 cm³/mol. The predicted octanol–water partition coefficient (Wildman–Crippen LogP) is -0.439. The van der Waals surface area contributed by atoms with Crippen molar-refractivity contribution < 1.29 is 9.59 Å². The highest BCUT2D eigenvalue weighted by Crippen LogP contribution is 2.06. The summed E-state index contributed by atoms with van der Waals surface area (Å²) in [7, 11) is 0. The van der Waals surface area contributed by atoms with E-state index in [1.807, 2.05) is 0 Å². The first-order valence-electron chi connectivity index (χ1n) is 8.89. The molecule has 0 radical (unpaired) electrons. The van der Waals surface area contributed by atoms with Crippen LogP contribution in [0.4, 0.5) is 0 Å². The van der Waals surface area contributed by atoms with Gasteiger partial charge in [0.05, 0.1) is 0 Å². The number of amides is 2. The van der Waals surface area contributed by atoms with E-state index in [4.69, 9.17) is 0 Å². The van der Waals surface area contributed by atoms with E-state index >= 15 is 0 Å². The summed E-state index contributed by atoms with van der Waals surface area (Å²) in [5.41, 5.74) is 0.0946. The summed E-state index contributed by atoms with van der Waals surface area (Å²) < 4.78 is 1.10. The average molecular weight is 388 g/mol. The SMILES string of the molecule is CC(C)Cc1cc(C(=O)NC/C=C/CNC(=O)Cn2ccc(=O)[nH]c2=O)n[nH]1. The van der Waals surface area contributed by atoms with Crippen LogP contribution in [-0.2, 0) is 17.8 Å². The molecule has 0 aromatic carbocycles. The van der Waals surface area contributed by atoms with E-state index in [9.17, 15) is 19.2 Å². The Morgan fingerprint density at radius 2 is 1.93 bits per heavy atom. The van der Waals surface area contributed by atoms with Crippen LogP contribution in [0.3, 0.4) is 0 Å². The molecule has 2 heterocycles. The van der Waals surface area contributed by atoms with Gasteiger partial charge in [0.15, 0.2) is 0 Å². The highest BCUT2D eigenvalue weighted by Gasteiger charge is 2.10. The van der Waals surface area contributed by atoms with Gasteiger partial charge in [0, 0.05) is 31.0 Å². The van der Waals surface area contributed by atoms with Gasteiger partial charge in [-0.2, -0.15) is 5.10 Å². The number of nitrogens with zero attached hydrogens (tertiary/aromatic N) is 2. The largest absolute Gasteiger partial charge is 0.351 e. The minimum Gasteiger partial charge on any atom is -0.351 e. The molecule has 0 fully saturated rings. The Hall–Kier alpha value is -3.43. The summed E-state index contributed by atoms with van der Waals surface area (Å²) in [5.74, 6) is -0.188. The van der Waals surface area contributed by atoms with Gasteiger partial charge in [0.2, 0.25) is 5.91 Å². The molecule has 2 aromatic heterocycles. The second kappa shape index (κ2) is 10.0. The highest BCUT2D eigenvalue weighted by atomic mass is 16.2. The second-order valence-corrected chi connectivity index (χ2v) is 6.60. The molecule has 0 aliphatic heterocycles. The monoisotopic (exact) mass is 388 g/mol. The van der Waals surface area contributed by atoms with Crippen molar-refractivity contribution in [2.45, 2.75) is 26.8 Å². The zero-order valence-corrected chi connectivity index (χ0v) is 15.8. The van der Waals surface area contributed by atoms with Gasteiger partial charge < -0.3 is 10.6 Å². The standard InChI is InChI=1S/C18H24N6O4/c1-12(2)9-13-10-14(23-22-13)17(27)20-7-4-3-6-19-16(26)11-24-8-5-15(25)21-18(24)28/h3-5,8,10,12H,6-7,9,11H2,1-2H3,(H,19,26)(H,20,27)(H,22,23)(H,21,25,28)/b4-3+. The molecule has 0 saturated carbocycles. The number of aromatic amines is 2. The Kier molecular flexibility index (Phi) is 7.49. The van der Waals surface area contributed by atoms with Gasteiger partial charge in [-0.25, -0.2) is 4.79 Å². The van der Waals surface area contributed by atoms with Crippen molar-refractivity contribution in [1.29, 1.82) is 0 Å². The van der Waals surface area contributed by atoms with E-state index in [1.165, 1.54) is 12.3 Å². The lowest BCUT2D eigenvalue weighted by atomic mass is 10.1. The van der Waals surface area contributed by atoms with Crippen molar-refractivity contribution in [3.8, 4) is 0 Å². The highest BCUT2D eigenvalue weighted by molar-refractivity contribution is 5.92. The number of nitrogens with one attached hydrogen (secondary N) is 4. The summed E-state index contributed by atoms with van der Waals surface area (Å²) in [6.45, 7) is 4.51. The molecule has 0 spiro atoms. The van der Waals surface area contributed by atoms with E-state index in [1.54, 1.807) is 18.2 Å². The van der Waals surface area contributed by atoms with E-state index in [2.05, 4.69) is 39.7 Å². The molecule has 0 aliphatic carbocycles. The second-order valence-electron chi connectivity index (χ2n) is 6.60. The third-order valence-electron chi connectivity index (χ3n) is 3.67. The van der Waals surface area contributed by atoms with Gasteiger partial charge in [-0.3, -0.25) is 29.0 Å². The molecule has 4 N–H and O–H groups in total. The Morgan fingerprint density at radius 1 is 1.21 bits per heavy atom. The molecule has 28 heavy (non-hydrogen) atoms. The third kappa shape index (κ3) is 6.71. The Balaban J connectivity index is 1.68. The Morgan fingerprint density at radius 3 is 2.61 bits per heavy atom. The summed E-state index contributed by atoms with van der Waals surface area (Å²) >= 11 is 0. The first kappa shape index (κ1) is 20.9. The van der Waals surface area contributed by atoms with Crippen molar-refractivity contribution in [2.24, 2.45) is 5.92 Å².